The number of imidazole rings is 1. The van der Waals surface area contributed by atoms with Crippen LogP contribution in [0.4, 0.5) is 0 Å². The quantitative estimate of drug-likeness (QED) is 0.652. The summed E-state index contributed by atoms with van der Waals surface area (Å²) < 4.78 is 28.2. The number of rotatable bonds is 9. The molecule has 1 aromatic heterocycles. The molecule has 0 saturated carbocycles. The van der Waals surface area contributed by atoms with Gasteiger partial charge in [0.05, 0.1) is 12.1 Å². The molecule has 7 heteroatoms. The first-order valence-corrected chi connectivity index (χ1v) is 8.23. The van der Waals surface area contributed by atoms with Crippen LogP contribution in [0.1, 0.15) is 27.2 Å². The topological polar surface area (TPSA) is 76.0 Å². The van der Waals surface area contributed by atoms with Gasteiger partial charge in [-0.3, -0.25) is 0 Å². The molecule has 0 aliphatic carbocycles. The minimum absolute atomic E-state index is 0.141. The Hall–Kier alpha value is -0.920. The molecule has 0 radical (unpaired) electrons. The number of hydrogen-bond acceptors (Lipinski definition) is 4. The highest BCUT2D eigenvalue weighted by atomic mass is 32.2. The van der Waals surface area contributed by atoms with Crippen LogP contribution in [0.15, 0.2) is 18.7 Å². The van der Waals surface area contributed by atoms with E-state index < -0.39 is 10.0 Å². The largest absolute Gasteiger partial charge is 0.336 e. The van der Waals surface area contributed by atoms with E-state index in [4.69, 9.17) is 0 Å². The van der Waals surface area contributed by atoms with Gasteiger partial charge in [-0.05, 0) is 19.9 Å². The molecule has 110 valence electrons. The lowest BCUT2D eigenvalue weighted by molar-refractivity contribution is 0.516. The lowest BCUT2D eigenvalue weighted by Gasteiger charge is -2.15. The van der Waals surface area contributed by atoms with Gasteiger partial charge in [-0.15, -0.1) is 0 Å². The molecule has 0 bridgehead atoms. The van der Waals surface area contributed by atoms with Crippen molar-refractivity contribution in [1.82, 2.24) is 19.6 Å². The third kappa shape index (κ3) is 7.29. The Balaban J connectivity index is 2.29. The number of nitrogens with zero attached hydrogens (tertiary/aromatic N) is 2. The number of aromatic nitrogens is 2. The number of sulfonamides is 1. The zero-order valence-corrected chi connectivity index (χ0v) is 12.7. The molecule has 1 rings (SSSR count). The maximum atomic E-state index is 11.9. The van der Waals surface area contributed by atoms with Crippen LogP contribution in [0.25, 0.3) is 0 Å². The average molecular weight is 288 g/mol. The van der Waals surface area contributed by atoms with Gasteiger partial charge in [0.25, 0.3) is 0 Å². The highest BCUT2D eigenvalue weighted by Gasteiger charge is 2.14. The van der Waals surface area contributed by atoms with Gasteiger partial charge >= 0.3 is 0 Å². The van der Waals surface area contributed by atoms with E-state index in [1.54, 1.807) is 12.5 Å². The summed E-state index contributed by atoms with van der Waals surface area (Å²) in [4.78, 5) is 3.93. The highest BCUT2D eigenvalue weighted by molar-refractivity contribution is 7.89. The summed E-state index contributed by atoms with van der Waals surface area (Å²) >= 11 is 0. The molecule has 0 aliphatic rings. The standard InChI is InChI=1S/C12H24N4O2S/c1-11(2)14-5-4-8-19(17,18)15-12(3)9-16-7-6-13-10-16/h6-7,10-12,14-15H,4-5,8-9H2,1-3H3. The fourth-order valence-electron chi connectivity index (χ4n) is 1.77. The Labute approximate surface area is 115 Å². The van der Waals surface area contributed by atoms with Crippen molar-refractivity contribution >= 4 is 10.0 Å². The highest BCUT2D eigenvalue weighted by Crippen LogP contribution is 1.96. The Morgan fingerprint density at radius 1 is 1.32 bits per heavy atom. The van der Waals surface area contributed by atoms with Gasteiger partial charge in [-0.2, -0.15) is 0 Å². The van der Waals surface area contributed by atoms with Crippen molar-refractivity contribution in [2.24, 2.45) is 0 Å². The summed E-state index contributed by atoms with van der Waals surface area (Å²) in [5.41, 5.74) is 0. The molecule has 0 aromatic carbocycles. The SMILES string of the molecule is CC(C)NCCCS(=O)(=O)NC(C)Cn1ccnc1. The summed E-state index contributed by atoms with van der Waals surface area (Å²) in [6, 6.07) is 0.244. The van der Waals surface area contributed by atoms with Crippen molar-refractivity contribution < 1.29 is 8.42 Å². The lowest BCUT2D eigenvalue weighted by Crippen LogP contribution is -2.37. The van der Waals surface area contributed by atoms with Crippen molar-refractivity contribution in [2.45, 2.75) is 45.8 Å². The Kier molecular flexibility index (Phi) is 6.47. The molecular formula is C12H24N4O2S. The Morgan fingerprint density at radius 3 is 2.63 bits per heavy atom. The third-order valence-corrected chi connectivity index (χ3v) is 4.15. The summed E-state index contributed by atoms with van der Waals surface area (Å²) in [7, 11) is -3.21. The zero-order valence-electron chi connectivity index (χ0n) is 11.8. The first-order valence-electron chi connectivity index (χ1n) is 6.58. The van der Waals surface area contributed by atoms with Crippen molar-refractivity contribution in [3.8, 4) is 0 Å². The average Bonchev–Trinajstić information content (AvgIpc) is 2.76. The van der Waals surface area contributed by atoms with E-state index in [0.717, 1.165) is 0 Å². The van der Waals surface area contributed by atoms with Crippen LogP contribution in [-0.4, -0.2) is 42.4 Å². The molecule has 6 nitrogen and oxygen atoms in total. The molecule has 1 unspecified atom stereocenters. The van der Waals surface area contributed by atoms with Crippen LogP contribution in [0.5, 0.6) is 0 Å². The molecule has 1 atom stereocenters. The van der Waals surface area contributed by atoms with Crippen LogP contribution >= 0.6 is 0 Å². The smallest absolute Gasteiger partial charge is 0.211 e. The maximum absolute atomic E-state index is 11.9. The van der Waals surface area contributed by atoms with Crippen LogP contribution in [0.2, 0.25) is 0 Å². The second kappa shape index (κ2) is 7.62. The maximum Gasteiger partial charge on any atom is 0.211 e. The van der Waals surface area contributed by atoms with E-state index >= 15 is 0 Å². The molecule has 0 amide bonds. The molecule has 1 aromatic rings. The first kappa shape index (κ1) is 16.1. The monoisotopic (exact) mass is 288 g/mol. The van der Waals surface area contributed by atoms with Gasteiger partial charge in [-0.1, -0.05) is 13.8 Å². The summed E-state index contributed by atoms with van der Waals surface area (Å²) in [5.74, 6) is 0.154. The second-order valence-electron chi connectivity index (χ2n) is 5.06. The minimum atomic E-state index is -3.21. The van der Waals surface area contributed by atoms with Crippen molar-refractivity contribution in [3.63, 3.8) is 0 Å². The van der Waals surface area contributed by atoms with Crippen molar-refractivity contribution in [2.75, 3.05) is 12.3 Å². The van der Waals surface area contributed by atoms with Gasteiger partial charge in [0.2, 0.25) is 10.0 Å². The van der Waals surface area contributed by atoms with E-state index in [-0.39, 0.29) is 11.8 Å². The van der Waals surface area contributed by atoms with Gasteiger partial charge in [0, 0.05) is 31.0 Å². The molecule has 2 N–H and O–H groups in total. The van der Waals surface area contributed by atoms with Gasteiger partial charge in [-0.25, -0.2) is 18.1 Å². The van der Waals surface area contributed by atoms with Crippen molar-refractivity contribution in [3.05, 3.63) is 18.7 Å². The first-order chi connectivity index (χ1) is 8.89. The van der Waals surface area contributed by atoms with E-state index in [9.17, 15) is 8.42 Å². The number of nitrogens with one attached hydrogen (secondary N) is 2. The van der Waals surface area contributed by atoms with E-state index in [1.807, 2.05) is 31.5 Å². The normalized spacial score (nSPS) is 13.9. The fourth-order valence-corrected chi connectivity index (χ4v) is 3.10. The molecule has 0 spiro atoms. The summed E-state index contributed by atoms with van der Waals surface area (Å²) in [6.07, 6.45) is 5.79. The molecule has 19 heavy (non-hydrogen) atoms. The molecule has 0 saturated heterocycles. The van der Waals surface area contributed by atoms with E-state index in [2.05, 4.69) is 15.0 Å². The molecular weight excluding hydrogens is 264 g/mol. The third-order valence-electron chi connectivity index (χ3n) is 2.57. The summed E-state index contributed by atoms with van der Waals surface area (Å²) in [5, 5.41) is 3.20. The van der Waals surface area contributed by atoms with Gasteiger partial charge in [0.15, 0.2) is 0 Å². The van der Waals surface area contributed by atoms with Crippen LogP contribution in [0, 0.1) is 0 Å². The van der Waals surface area contributed by atoms with Crippen molar-refractivity contribution in [1.29, 1.82) is 0 Å². The Bertz CT molecular complexity index is 442. The predicted molar refractivity (Wildman–Crippen MR) is 76.4 cm³/mol. The van der Waals surface area contributed by atoms with E-state index in [1.165, 1.54) is 0 Å². The minimum Gasteiger partial charge on any atom is -0.336 e. The molecule has 0 fully saturated rings. The van der Waals surface area contributed by atoms with Crippen LogP contribution < -0.4 is 10.0 Å². The zero-order chi connectivity index (χ0) is 14.3. The van der Waals surface area contributed by atoms with Crippen LogP contribution in [0.3, 0.4) is 0 Å². The lowest BCUT2D eigenvalue weighted by atomic mass is 10.4. The van der Waals surface area contributed by atoms with Crippen LogP contribution in [-0.2, 0) is 16.6 Å². The second-order valence-corrected chi connectivity index (χ2v) is 6.93. The van der Waals surface area contributed by atoms with Gasteiger partial charge in [0.1, 0.15) is 0 Å². The summed E-state index contributed by atoms with van der Waals surface area (Å²) in [6.45, 7) is 7.24. The van der Waals surface area contributed by atoms with Gasteiger partial charge < -0.3 is 9.88 Å². The number of hydrogen-bond donors (Lipinski definition) is 2. The molecule has 0 aliphatic heterocycles. The van der Waals surface area contributed by atoms with E-state index in [0.29, 0.717) is 25.6 Å². The molecule has 1 heterocycles. The predicted octanol–water partition coefficient (Wildman–Crippen LogP) is 0.579. The Morgan fingerprint density at radius 2 is 2.05 bits per heavy atom. The fraction of sp³-hybridized carbons (Fsp3) is 0.750.